The summed E-state index contributed by atoms with van der Waals surface area (Å²) in [5.41, 5.74) is 5.47. The van der Waals surface area contributed by atoms with Gasteiger partial charge < -0.3 is 34.3 Å². The molecule has 2 saturated heterocycles. The Hall–Kier alpha value is -4.65. The van der Waals surface area contributed by atoms with E-state index in [0.29, 0.717) is 43.2 Å². The number of rotatable bonds is 8. The lowest BCUT2D eigenvalue weighted by Gasteiger charge is -2.42. The molecule has 1 aromatic carbocycles. The van der Waals surface area contributed by atoms with Gasteiger partial charge in [-0.05, 0) is 89.8 Å². The molecular weight excluding hydrogens is 703 g/mol. The molecule has 4 aliphatic rings. The molecule has 3 amide bonds. The fraction of sp³-hybridized carbons (Fsp3) is 0.571. The summed E-state index contributed by atoms with van der Waals surface area (Å²) in [6.07, 6.45) is 4.80. The number of alkyl halides is 1. The number of hydrogen-bond acceptors (Lipinski definition) is 7. The van der Waals surface area contributed by atoms with Crippen molar-refractivity contribution in [2.24, 2.45) is 11.8 Å². The number of aliphatic hydroxyl groups excluding tert-OH is 1. The topological polar surface area (TPSA) is 131 Å². The van der Waals surface area contributed by atoms with Gasteiger partial charge in [0, 0.05) is 61.6 Å². The number of aromatic nitrogens is 3. The first-order valence-electron chi connectivity index (χ1n) is 19.9. The van der Waals surface area contributed by atoms with E-state index in [1.54, 1.807) is 44.7 Å². The maximum Gasteiger partial charge on any atom is 0.407 e. The van der Waals surface area contributed by atoms with E-state index in [9.17, 15) is 19.5 Å². The molecule has 5 heterocycles. The molecular formula is C42H53FN6O6. The smallest absolute Gasteiger partial charge is 0.407 e. The average molecular weight is 757 g/mol. The third-order valence-corrected chi connectivity index (χ3v) is 11.8. The number of hydrogen-bond donors (Lipinski definition) is 2. The van der Waals surface area contributed by atoms with E-state index in [-0.39, 0.29) is 49.3 Å². The molecule has 4 aromatic rings. The minimum Gasteiger partial charge on any atom is -0.494 e. The van der Waals surface area contributed by atoms with Crippen LogP contribution in [0.4, 0.5) is 9.18 Å². The lowest BCUT2D eigenvalue weighted by molar-refractivity contribution is -0.141. The van der Waals surface area contributed by atoms with Crippen molar-refractivity contribution in [2.75, 3.05) is 33.3 Å². The molecule has 2 aliphatic carbocycles. The number of pyridine rings is 1. The van der Waals surface area contributed by atoms with Gasteiger partial charge in [-0.1, -0.05) is 18.2 Å². The molecule has 4 fully saturated rings. The number of likely N-dealkylation sites (tertiary alicyclic amines) is 2. The molecule has 0 unspecified atom stereocenters. The van der Waals surface area contributed by atoms with Gasteiger partial charge in [0.15, 0.2) is 0 Å². The zero-order chi connectivity index (χ0) is 38.8. The second-order valence-corrected chi connectivity index (χ2v) is 17.3. The van der Waals surface area contributed by atoms with Crippen LogP contribution in [0.15, 0.2) is 36.5 Å². The summed E-state index contributed by atoms with van der Waals surface area (Å²) in [6, 6.07) is 9.74. The minimum atomic E-state index is -1.31. The third kappa shape index (κ3) is 7.51. The minimum absolute atomic E-state index is 0.00912. The van der Waals surface area contributed by atoms with Crippen molar-refractivity contribution in [2.45, 2.75) is 109 Å². The third-order valence-electron chi connectivity index (χ3n) is 11.8. The number of halogens is 1. The van der Waals surface area contributed by atoms with E-state index in [2.05, 4.69) is 34.1 Å². The van der Waals surface area contributed by atoms with Gasteiger partial charge in [0.05, 0.1) is 42.6 Å². The summed E-state index contributed by atoms with van der Waals surface area (Å²) in [4.78, 5) is 43.2. The van der Waals surface area contributed by atoms with Crippen LogP contribution in [0.1, 0.15) is 93.1 Å². The lowest BCUT2D eigenvalue weighted by Crippen LogP contribution is -2.54. The Morgan fingerprint density at radius 1 is 0.982 bits per heavy atom. The second-order valence-electron chi connectivity index (χ2n) is 17.3. The number of benzene rings is 1. The highest BCUT2D eigenvalue weighted by molar-refractivity contribution is 5.96. The number of amides is 3. The van der Waals surface area contributed by atoms with E-state index >= 15 is 4.39 Å². The maximum absolute atomic E-state index is 15.0. The number of ether oxygens (including phenoxy) is 2. The van der Waals surface area contributed by atoms with Crippen LogP contribution in [-0.2, 0) is 16.1 Å². The number of aliphatic hydroxyl groups is 1. The molecule has 0 radical (unpaired) electrons. The lowest BCUT2D eigenvalue weighted by atomic mass is 9.83. The van der Waals surface area contributed by atoms with Crippen LogP contribution in [0.3, 0.4) is 0 Å². The number of piperidine rings is 1. The maximum atomic E-state index is 15.0. The van der Waals surface area contributed by atoms with E-state index in [1.807, 2.05) is 11.8 Å². The van der Waals surface area contributed by atoms with Crippen LogP contribution >= 0.6 is 0 Å². The molecule has 2 atom stereocenters. The molecule has 3 aromatic heterocycles. The molecule has 55 heavy (non-hydrogen) atoms. The molecule has 0 bridgehead atoms. The molecule has 0 spiro atoms. The van der Waals surface area contributed by atoms with Crippen molar-refractivity contribution in [3.05, 3.63) is 53.2 Å². The van der Waals surface area contributed by atoms with Crippen LogP contribution in [0.25, 0.3) is 27.8 Å². The van der Waals surface area contributed by atoms with Crippen molar-refractivity contribution in [3.8, 4) is 17.1 Å². The normalized spacial score (nSPS) is 23.5. The zero-order valence-corrected chi connectivity index (χ0v) is 32.5. The molecule has 8 rings (SSSR count). The largest absolute Gasteiger partial charge is 0.494 e. The summed E-state index contributed by atoms with van der Waals surface area (Å²) < 4.78 is 30.3. The fourth-order valence-electron chi connectivity index (χ4n) is 8.83. The quantitative estimate of drug-likeness (QED) is 0.218. The highest BCUT2D eigenvalue weighted by atomic mass is 19.1. The first-order chi connectivity index (χ1) is 26.3. The van der Waals surface area contributed by atoms with Crippen molar-refractivity contribution < 1.29 is 33.4 Å². The number of carbonyl (C=O) groups is 3. The van der Waals surface area contributed by atoms with Gasteiger partial charge >= 0.3 is 6.09 Å². The van der Waals surface area contributed by atoms with E-state index in [0.717, 1.165) is 47.2 Å². The van der Waals surface area contributed by atoms with Gasteiger partial charge in [0.25, 0.3) is 5.91 Å². The SMILES string of the molecule is COc1cc(C(=O)N2C[C@H](F)C[C@@H](NC(=O)OC(C)(C)C)C2)cn2nc(-c3cc4cccc(C5CN(C(=O)[C@H]6CC[C@H](O)CC6)C5)c4n3CC3CC3)c(C)c12. The monoisotopic (exact) mass is 756 g/mol. The highest BCUT2D eigenvalue weighted by Crippen LogP contribution is 2.42. The predicted molar refractivity (Wildman–Crippen MR) is 206 cm³/mol. The number of aryl methyl sites for hydroxylation is 1. The number of nitrogens with zero attached hydrogens (tertiary/aromatic N) is 5. The summed E-state index contributed by atoms with van der Waals surface area (Å²) in [6.45, 7) is 9.61. The standard InChI is InChI=1S/C42H53FN6O6/c1-24-36(45-49-21-28(16-35(54-5)37(24)49)40(52)47-22-30(43)17-31(23-47)44-41(53)55-42(2,3)4)34-15-27-7-6-8-33(38(27)48(34)18-25-9-10-25)29-19-46(20-29)39(51)26-11-13-32(50)14-12-26/h6-8,15-16,21,25-26,29-32,50H,9-14,17-20,22-23H2,1-5H3,(H,44,53)/t26-,30-,31-,32-/m1/s1. The summed E-state index contributed by atoms with van der Waals surface area (Å²) in [7, 11) is 1.57. The number of fused-ring (bicyclic) bond motifs is 2. The zero-order valence-electron chi connectivity index (χ0n) is 32.5. The van der Waals surface area contributed by atoms with Crippen LogP contribution in [0, 0.1) is 18.8 Å². The Morgan fingerprint density at radius 3 is 2.42 bits per heavy atom. The second kappa shape index (κ2) is 14.5. The number of methoxy groups -OCH3 is 1. The Labute approximate surface area is 320 Å². The first kappa shape index (κ1) is 37.3. The van der Waals surface area contributed by atoms with Gasteiger partial charge in [0.2, 0.25) is 5.91 Å². The Balaban J connectivity index is 1.08. The van der Waals surface area contributed by atoms with Gasteiger partial charge in [-0.2, -0.15) is 5.10 Å². The van der Waals surface area contributed by atoms with Gasteiger partial charge in [-0.25, -0.2) is 13.7 Å². The van der Waals surface area contributed by atoms with Crippen LogP contribution in [-0.4, -0.2) is 104 Å². The van der Waals surface area contributed by atoms with Gasteiger partial charge in [-0.15, -0.1) is 0 Å². The van der Waals surface area contributed by atoms with Crippen LogP contribution in [0.2, 0.25) is 0 Å². The number of carbonyl (C=O) groups excluding carboxylic acids is 3. The molecule has 294 valence electrons. The number of alkyl carbamates (subject to hydrolysis) is 1. The van der Waals surface area contributed by atoms with Crippen molar-refractivity contribution in [1.82, 2.24) is 29.3 Å². The first-order valence-corrected chi connectivity index (χ1v) is 19.9. The predicted octanol–water partition coefficient (Wildman–Crippen LogP) is 6.24. The number of nitrogens with one attached hydrogen (secondary N) is 1. The average Bonchev–Trinajstić information content (AvgIpc) is 3.77. The molecule has 13 heteroatoms. The van der Waals surface area contributed by atoms with E-state index < -0.39 is 23.9 Å². The van der Waals surface area contributed by atoms with Crippen molar-refractivity contribution in [1.29, 1.82) is 0 Å². The summed E-state index contributed by atoms with van der Waals surface area (Å²) >= 11 is 0. The summed E-state index contributed by atoms with van der Waals surface area (Å²) in [5, 5.41) is 18.9. The Morgan fingerprint density at radius 2 is 1.73 bits per heavy atom. The molecule has 2 saturated carbocycles. The van der Waals surface area contributed by atoms with Gasteiger partial charge in [0.1, 0.15) is 28.7 Å². The fourth-order valence-corrected chi connectivity index (χ4v) is 8.83. The van der Waals surface area contributed by atoms with Crippen LogP contribution < -0.4 is 10.1 Å². The summed E-state index contributed by atoms with van der Waals surface area (Å²) in [5.74, 6) is 1.15. The molecule has 2 aliphatic heterocycles. The van der Waals surface area contributed by atoms with E-state index in [1.165, 1.54) is 28.8 Å². The van der Waals surface area contributed by atoms with Crippen molar-refractivity contribution >= 4 is 34.3 Å². The van der Waals surface area contributed by atoms with Crippen molar-refractivity contribution in [3.63, 3.8) is 0 Å². The Bertz CT molecular complexity index is 2120. The van der Waals surface area contributed by atoms with Gasteiger partial charge in [-0.3, -0.25) is 9.59 Å². The highest BCUT2D eigenvalue weighted by Gasteiger charge is 2.39. The van der Waals surface area contributed by atoms with E-state index in [4.69, 9.17) is 14.6 Å². The van der Waals surface area contributed by atoms with Crippen LogP contribution in [0.5, 0.6) is 5.75 Å². The molecule has 12 nitrogen and oxygen atoms in total. The Kier molecular flexibility index (Phi) is 9.80. The number of para-hydroxylation sites is 1. The molecule has 2 N–H and O–H groups in total.